The van der Waals surface area contributed by atoms with Gasteiger partial charge in [0.1, 0.15) is 5.75 Å². The van der Waals surface area contributed by atoms with E-state index in [1.807, 2.05) is 6.07 Å². The van der Waals surface area contributed by atoms with Gasteiger partial charge in [0.2, 0.25) is 0 Å². The Morgan fingerprint density at radius 1 is 1.00 bits per heavy atom. The van der Waals surface area contributed by atoms with E-state index >= 15 is 0 Å². The van der Waals surface area contributed by atoms with Crippen molar-refractivity contribution in [2.75, 3.05) is 18.0 Å². The van der Waals surface area contributed by atoms with E-state index in [0.29, 0.717) is 11.7 Å². The average Bonchev–Trinajstić information content (AvgIpc) is 3.06. The van der Waals surface area contributed by atoms with Gasteiger partial charge in [0.15, 0.2) is 0 Å². The number of benzene rings is 2. The highest BCUT2D eigenvalue weighted by atomic mass is 16.3. The van der Waals surface area contributed by atoms with Crippen LogP contribution >= 0.6 is 0 Å². The van der Waals surface area contributed by atoms with Gasteiger partial charge in [0, 0.05) is 18.8 Å². The fourth-order valence-electron chi connectivity index (χ4n) is 3.79. The van der Waals surface area contributed by atoms with E-state index in [2.05, 4.69) is 56.9 Å². The van der Waals surface area contributed by atoms with Crippen molar-refractivity contribution in [1.29, 1.82) is 0 Å². The van der Waals surface area contributed by atoms with E-state index in [-0.39, 0.29) is 0 Å². The molecule has 0 amide bonds. The van der Waals surface area contributed by atoms with Crippen LogP contribution in [0.4, 0.5) is 5.69 Å². The third kappa shape index (κ3) is 3.43. The Kier molecular flexibility index (Phi) is 4.84. The summed E-state index contributed by atoms with van der Waals surface area (Å²) in [6.07, 6.45) is 3.55. The Morgan fingerprint density at radius 3 is 2.21 bits per heavy atom. The summed E-state index contributed by atoms with van der Waals surface area (Å²) < 4.78 is 0. The van der Waals surface area contributed by atoms with Gasteiger partial charge in [-0.15, -0.1) is 0 Å². The highest BCUT2D eigenvalue weighted by Gasteiger charge is 2.15. The smallest absolute Gasteiger partial charge is 0.119 e. The van der Waals surface area contributed by atoms with Gasteiger partial charge in [0.05, 0.1) is 0 Å². The summed E-state index contributed by atoms with van der Waals surface area (Å²) >= 11 is 0. The first kappa shape index (κ1) is 16.9. The second kappa shape index (κ2) is 6.88. The molecule has 2 aromatic rings. The number of hydrogen-bond donors (Lipinski definition) is 1. The minimum absolute atomic E-state index is 0.338. The van der Waals surface area contributed by atoms with Crippen LogP contribution in [-0.4, -0.2) is 18.2 Å². The molecule has 1 N–H and O–H groups in total. The summed E-state index contributed by atoms with van der Waals surface area (Å²) in [5.74, 6) is 0.747. The Bertz CT molecular complexity index is 704. The fraction of sp³-hybridized carbons (Fsp3) is 0.455. The van der Waals surface area contributed by atoms with Crippen molar-refractivity contribution in [3.8, 4) is 5.75 Å². The summed E-state index contributed by atoms with van der Waals surface area (Å²) in [4.78, 5) is 2.50. The van der Waals surface area contributed by atoms with E-state index in [4.69, 9.17) is 0 Å². The molecular formula is C22H29NO. The van der Waals surface area contributed by atoms with Gasteiger partial charge in [-0.3, -0.25) is 0 Å². The second-order valence-electron chi connectivity index (χ2n) is 7.48. The molecule has 1 aliphatic heterocycles. The summed E-state index contributed by atoms with van der Waals surface area (Å²) in [6, 6.07) is 10.7. The Morgan fingerprint density at radius 2 is 1.62 bits per heavy atom. The molecule has 2 aromatic carbocycles. The van der Waals surface area contributed by atoms with Crippen molar-refractivity contribution >= 4 is 5.69 Å². The van der Waals surface area contributed by atoms with Gasteiger partial charge in [-0.05, 0) is 85.0 Å². The van der Waals surface area contributed by atoms with Gasteiger partial charge in [-0.2, -0.15) is 0 Å². The first-order valence-electron chi connectivity index (χ1n) is 9.12. The molecule has 24 heavy (non-hydrogen) atoms. The van der Waals surface area contributed by atoms with Crippen molar-refractivity contribution in [2.45, 2.75) is 52.9 Å². The first-order valence-corrected chi connectivity index (χ1v) is 9.12. The maximum Gasteiger partial charge on any atom is 0.119 e. The van der Waals surface area contributed by atoms with Crippen LogP contribution in [0.1, 0.15) is 60.4 Å². The van der Waals surface area contributed by atoms with Crippen LogP contribution < -0.4 is 4.90 Å². The lowest BCUT2D eigenvalue weighted by Gasteiger charge is -2.21. The Hall–Kier alpha value is -1.96. The lowest BCUT2D eigenvalue weighted by atomic mass is 9.92. The summed E-state index contributed by atoms with van der Waals surface area (Å²) in [5.41, 5.74) is 7.85. The van der Waals surface area contributed by atoms with E-state index in [0.717, 1.165) is 12.0 Å². The SMILES string of the molecule is Cc1cc(N2CCCC2)cc(C)c1Cc1ccc(O)c(C(C)C)c1. The third-order valence-electron chi connectivity index (χ3n) is 5.25. The van der Waals surface area contributed by atoms with E-state index < -0.39 is 0 Å². The summed E-state index contributed by atoms with van der Waals surface area (Å²) in [7, 11) is 0. The molecule has 0 aromatic heterocycles. The van der Waals surface area contributed by atoms with Crippen LogP contribution in [0.25, 0.3) is 0 Å². The fourth-order valence-corrected chi connectivity index (χ4v) is 3.79. The monoisotopic (exact) mass is 323 g/mol. The lowest BCUT2D eigenvalue weighted by Crippen LogP contribution is -2.18. The predicted octanol–water partition coefficient (Wildman–Crippen LogP) is 5.32. The van der Waals surface area contributed by atoms with Crippen LogP contribution in [0.2, 0.25) is 0 Å². The molecule has 3 rings (SSSR count). The van der Waals surface area contributed by atoms with Crippen LogP contribution in [0, 0.1) is 13.8 Å². The zero-order valence-electron chi connectivity index (χ0n) is 15.4. The van der Waals surface area contributed by atoms with E-state index in [1.165, 1.54) is 53.9 Å². The van der Waals surface area contributed by atoms with Crippen molar-refractivity contribution in [2.24, 2.45) is 0 Å². The van der Waals surface area contributed by atoms with E-state index in [9.17, 15) is 5.11 Å². The number of anilines is 1. The van der Waals surface area contributed by atoms with Crippen LogP contribution in [0.3, 0.4) is 0 Å². The van der Waals surface area contributed by atoms with Crippen molar-refractivity contribution in [3.63, 3.8) is 0 Å². The largest absolute Gasteiger partial charge is 0.508 e. The first-order chi connectivity index (χ1) is 11.5. The molecule has 1 fully saturated rings. The molecule has 0 spiro atoms. The Labute approximate surface area is 146 Å². The number of phenols is 1. The number of hydrogen-bond acceptors (Lipinski definition) is 2. The molecule has 1 heterocycles. The number of phenolic OH excluding ortho intramolecular Hbond substituents is 1. The minimum Gasteiger partial charge on any atom is -0.508 e. The lowest BCUT2D eigenvalue weighted by molar-refractivity contribution is 0.464. The van der Waals surface area contributed by atoms with Crippen molar-refractivity contribution < 1.29 is 5.11 Å². The van der Waals surface area contributed by atoms with Gasteiger partial charge in [-0.1, -0.05) is 26.0 Å². The van der Waals surface area contributed by atoms with Gasteiger partial charge in [0.25, 0.3) is 0 Å². The molecule has 0 bridgehead atoms. The summed E-state index contributed by atoms with van der Waals surface area (Å²) in [5, 5.41) is 10.0. The van der Waals surface area contributed by atoms with Gasteiger partial charge in [-0.25, -0.2) is 0 Å². The maximum atomic E-state index is 10.0. The van der Waals surface area contributed by atoms with Crippen molar-refractivity contribution in [1.82, 2.24) is 0 Å². The topological polar surface area (TPSA) is 23.5 Å². The highest BCUT2D eigenvalue weighted by Crippen LogP contribution is 2.30. The minimum atomic E-state index is 0.338. The molecule has 128 valence electrons. The predicted molar refractivity (Wildman–Crippen MR) is 102 cm³/mol. The number of rotatable bonds is 4. The van der Waals surface area contributed by atoms with Gasteiger partial charge < -0.3 is 10.0 Å². The van der Waals surface area contributed by atoms with Crippen LogP contribution in [0.15, 0.2) is 30.3 Å². The number of aryl methyl sites for hydroxylation is 2. The number of aromatic hydroxyl groups is 1. The molecule has 0 saturated carbocycles. The highest BCUT2D eigenvalue weighted by molar-refractivity contribution is 5.55. The number of nitrogens with zero attached hydrogens (tertiary/aromatic N) is 1. The standard InChI is InChI=1S/C22H29NO/c1-15(2)20-13-18(7-8-22(20)24)14-21-16(3)11-19(12-17(21)4)23-9-5-6-10-23/h7-8,11-13,15,24H,5-6,9-10,14H2,1-4H3. The third-order valence-corrected chi connectivity index (χ3v) is 5.25. The molecule has 0 unspecified atom stereocenters. The summed E-state index contributed by atoms with van der Waals surface area (Å²) in [6.45, 7) is 11.1. The molecule has 1 saturated heterocycles. The zero-order valence-corrected chi connectivity index (χ0v) is 15.4. The normalized spacial score (nSPS) is 14.6. The molecule has 0 radical (unpaired) electrons. The average molecular weight is 323 g/mol. The molecule has 2 heteroatoms. The maximum absolute atomic E-state index is 10.0. The Balaban J connectivity index is 1.89. The van der Waals surface area contributed by atoms with Crippen LogP contribution in [0.5, 0.6) is 5.75 Å². The quantitative estimate of drug-likeness (QED) is 0.822. The van der Waals surface area contributed by atoms with Crippen LogP contribution in [-0.2, 0) is 6.42 Å². The molecule has 2 nitrogen and oxygen atoms in total. The van der Waals surface area contributed by atoms with Crippen molar-refractivity contribution in [3.05, 3.63) is 58.1 Å². The zero-order chi connectivity index (χ0) is 17.3. The second-order valence-corrected chi connectivity index (χ2v) is 7.48. The molecule has 0 atom stereocenters. The molecular weight excluding hydrogens is 294 g/mol. The molecule has 1 aliphatic rings. The van der Waals surface area contributed by atoms with E-state index in [1.54, 1.807) is 0 Å². The molecule has 0 aliphatic carbocycles. The van der Waals surface area contributed by atoms with Gasteiger partial charge >= 0.3 is 0 Å².